The van der Waals surface area contributed by atoms with Gasteiger partial charge in [-0.15, -0.1) is 0 Å². The van der Waals surface area contributed by atoms with Crippen molar-refractivity contribution in [2.24, 2.45) is 0 Å². The van der Waals surface area contributed by atoms with Crippen LogP contribution >= 0.6 is 0 Å². The molecular formula is C13H20N4O. The predicted octanol–water partition coefficient (Wildman–Crippen LogP) is 2.17. The minimum Gasteiger partial charge on any atom is -0.329 e. The first-order chi connectivity index (χ1) is 8.63. The summed E-state index contributed by atoms with van der Waals surface area (Å²) < 4.78 is 0. The quantitative estimate of drug-likeness (QED) is 0.834. The smallest absolute Gasteiger partial charge is 0.246 e. The summed E-state index contributed by atoms with van der Waals surface area (Å²) in [6.45, 7) is 8.44. The van der Waals surface area contributed by atoms with Crippen molar-refractivity contribution < 1.29 is 4.79 Å². The fourth-order valence-corrected chi connectivity index (χ4v) is 2.29. The molecule has 0 bridgehead atoms. The van der Waals surface area contributed by atoms with Crippen molar-refractivity contribution >= 4 is 5.91 Å². The van der Waals surface area contributed by atoms with Crippen molar-refractivity contribution in [2.45, 2.75) is 45.1 Å². The predicted molar refractivity (Wildman–Crippen MR) is 69.0 cm³/mol. The van der Waals surface area contributed by atoms with E-state index in [1.165, 1.54) is 6.08 Å². The van der Waals surface area contributed by atoms with E-state index >= 15 is 0 Å². The molecule has 1 saturated heterocycles. The molecule has 1 amide bonds. The lowest BCUT2D eigenvalue weighted by atomic mass is 10.0. The summed E-state index contributed by atoms with van der Waals surface area (Å²) in [5.74, 6) is 1.87. The molecule has 98 valence electrons. The van der Waals surface area contributed by atoms with E-state index in [0.717, 1.165) is 37.5 Å². The van der Waals surface area contributed by atoms with Gasteiger partial charge in [-0.3, -0.25) is 9.89 Å². The maximum atomic E-state index is 11.8. The van der Waals surface area contributed by atoms with E-state index < -0.39 is 0 Å². The lowest BCUT2D eigenvalue weighted by molar-refractivity contribution is -0.129. The number of carbonyl (C=O) groups is 1. The molecule has 2 rings (SSSR count). The zero-order chi connectivity index (χ0) is 13.1. The minimum absolute atomic E-state index is 0.0178. The third-order valence-electron chi connectivity index (χ3n) is 3.31. The van der Waals surface area contributed by atoms with Crippen molar-refractivity contribution in [1.82, 2.24) is 20.1 Å². The number of nitrogens with zero attached hydrogens (tertiary/aromatic N) is 3. The molecule has 1 aliphatic heterocycles. The van der Waals surface area contributed by atoms with E-state index in [1.54, 1.807) is 0 Å². The van der Waals surface area contributed by atoms with Crippen molar-refractivity contribution in [3.8, 4) is 0 Å². The Kier molecular flexibility index (Phi) is 3.79. The normalized spacial score (nSPS) is 20.2. The van der Waals surface area contributed by atoms with E-state index in [4.69, 9.17) is 0 Å². The Balaban J connectivity index is 2.22. The maximum Gasteiger partial charge on any atom is 0.246 e. The van der Waals surface area contributed by atoms with Crippen molar-refractivity contribution in [1.29, 1.82) is 0 Å². The number of piperidine rings is 1. The zero-order valence-electron chi connectivity index (χ0n) is 11.0. The van der Waals surface area contributed by atoms with Gasteiger partial charge >= 0.3 is 0 Å². The number of aromatic nitrogens is 3. The molecule has 0 aromatic carbocycles. The molecule has 1 fully saturated rings. The van der Waals surface area contributed by atoms with Gasteiger partial charge in [0.25, 0.3) is 0 Å². The van der Waals surface area contributed by atoms with Crippen LogP contribution in [0, 0.1) is 0 Å². The first kappa shape index (κ1) is 12.8. The number of likely N-dealkylation sites (tertiary alicyclic amines) is 1. The SMILES string of the molecule is C=CC(=O)N1CCCCC1c1nc(C(C)C)n[nH]1. The lowest BCUT2D eigenvalue weighted by Gasteiger charge is -2.33. The molecule has 1 unspecified atom stereocenters. The largest absolute Gasteiger partial charge is 0.329 e. The summed E-state index contributed by atoms with van der Waals surface area (Å²) in [4.78, 5) is 18.2. The van der Waals surface area contributed by atoms with E-state index in [-0.39, 0.29) is 11.9 Å². The number of rotatable bonds is 3. The Hall–Kier alpha value is -1.65. The monoisotopic (exact) mass is 248 g/mol. The summed E-state index contributed by atoms with van der Waals surface area (Å²) in [5.41, 5.74) is 0. The fourth-order valence-electron chi connectivity index (χ4n) is 2.29. The highest BCUT2D eigenvalue weighted by molar-refractivity contribution is 5.87. The van der Waals surface area contributed by atoms with E-state index in [1.807, 2.05) is 4.90 Å². The Morgan fingerprint density at radius 1 is 1.56 bits per heavy atom. The van der Waals surface area contributed by atoms with Gasteiger partial charge in [0.1, 0.15) is 5.82 Å². The first-order valence-corrected chi connectivity index (χ1v) is 6.48. The molecule has 0 aliphatic carbocycles. The summed E-state index contributed by atoms with van der Waals surface area (Å²) in [5, 5.41) is 7.19. The number of hydrogen-bond acceptors (Lipinski definition) is 3. The average Bonchev–Trinajstić information content (AvgIpc) is 2.87. The summed E-state index contributed by atoms with van der Waals surface area (Å²) in [6.07, 6.45) is 4.47. The van der Waals surface area contributed by atoms with Crippen LogP contribution in [-0.2, 0) is 4.79 Å². The number of hydrogen-bond donors (Lipinski definition) is 1. The van der Waals surface area contributed by atoms with Gasteiger partial charge in [-0.25, -0.2) is 4.98 Å². The molecule has 1 N–H and O–H groups in total. The van der Waals surface area contributed by atoms with Crippen molar-refractivity contribution in [2.75, 3.05) is 6.54 Å². The Morgan fingerprint density at radius 3 is 2.94 bits per heavy atom. The Morgan fingerprint density at radius 2 is 2.33 bits per heavy atom. The van der Waals surface area contributed by atoms with Gasteiger partial charge in [0, 0.05) is 12.5 Å². The Bertz CT molecular complexity index is 438. The molecule has 5 heteroatoms. The second kappa shape index (κ2) is 5.33. The maximum absolute atomic E-state index is 11.8. The van der Waals surface area contributed by atoms with Crippen molar-refractivity contribution in [3.05, 3.63) is 24.3 Å². The molecular weight excluding hydrogens is 228 g/mol. The standard InChI is InChI=1S/C13H20N4O/c1-4-11(18)17-8-6-5-7-10(17)13-14-12(9(2)3)15-16-13/h4,9-10H,1,5-8H2,2-3H3,(H,14,15,16). The number of carbonyl (C=O) groups excluding carboxylic acids is 1. The lowest BCUT2D eigenvalue weighted by Crippen LogP contribution is -2.37. The van der Waals surface area contributed by atoms with E-state index in [0.29, 0.717) is 5.92 Å². The number of nitrogens with one attached hydrogen (secondary N) is 1. The van der Waals surface area contributed by atoms with Crippen LogP contribution < -0.4 is 0 Å². The molecule has 0 radical (unpaired) electrons. The number of H-pyrrole nitrogens is 1. The molecule has 0 saturated carbocycles. The van der Waals surface area contributed by atoms with Gasteiger partial charge in [-0.1, -0.05) is 20.4 Å². The third-order valence-corrected chi connectivity index (χ3v) is 3.31. The summed E-state index contributed by atoms with van der Waals surface area (Å²) in [7, 11) is 0. The van der Waals surface area contributed by atoms with Crippen LogP contribution in [-0.4, -0.2) is 32.5 Å². The molecule has 1 atom stereocenters. The highest BCUT2D eigenvalue weighted by Crippen LogP contribution is 2.29. The minimum atomic E-state index is -0.0257. The van der Waals surface area contributed by atoms with Crippen LogP contribution in [0.4, 0.5) is 0 Å². The van der Waals surface area contributed by atoms with Crippen LogP contribution in [0.1, 0.15) is 56.7 Å². The first-order valence-electron chi connectivity index (χ1n) is 6.48. The molecule has 2 heterocycles. The van der Waals surface area contributed by atoms with Crippen molar-refractivity contribution in [3.63, 3.8) is 0 Å². The van der Waals surface area contributed by atoms with Crippen LogP contribution in [0.5, 0.6) is 0 Å². The van der Waals surface area contributed by atoms with Gasteiger partial charge in [-0.05, 0) is 25.3 Å². The van der Waals surface area contributed by atoms with Crippen LogP contribution in [0.2, 0.25) is 0 Å². The topological polar surface area (TPSA) is 61.9 Å². The van der Waals surface area contributed by atoms with Crippen LogP contribution in [0.3, 0.4) is 0 Å². The molecule has 0 spiro atoms. The number of aromatic amines is 1. The third kappa shape index (κ3) is 2.44. The summed E-state index contributed by atoms with van der Waals surface area (Å²) in [6, 6.07) is 0.0178. The fraction of sp³-hybridized carbons (Fsp3) is 0.615. The van der Waals surface area contributed by atoms with Gasteiger partial charge < -0.3 is 4.90 Å². The van der Waals surface area contributed by atoms with Gasteiger partial charge in [0.15, 0.2) is 5.82 Å². The molecule has 1 aromatic heterocycles. The summed E-state index contributed by atoms with van der Waals surface area (Å²) >= 11 is 0. The molecule has 1 aromatic rings. The Labute approximate surface area is 107 Å². The van der Waals surface area contributed by atoms with E-state index in [2.05, 4.69) is 35.6 Å². The second-order valence-electron chi connectivity index (χ2n) is 4.98. The highest BCUT2D eigenvalue weighted by atomic mass is 16.2. The zero-order valence-corrected chi connectivity index (χ0v) is 11.0. The molecule has 1 aliphatic rings. The van der Waals surface area contributed by atoms with Gasteiger partial charge in [-0.2, -0.15) is 5.10 Å². The van der Waals surface area contributed by atoms with Crippen LogP contribution in [0.15, 0.2) is 12.7 Å². The van der Waals surface area contributed by atoms with Gasteiger partial charge in [0.05, 0.1) is 6.04 Å². The molecule has 18 heavy (non-hydrogen) atoms. The molecule has 5 nitrogen and oxygen atoms in total. The van der Waals surface area contributed by atoms with Gasteiger partial charge in [0.2, 0.25) is 5.91 Å². The average molecular weight is 248 g/mol. The van der Waals surface area contributed by atoms with E-state index in [9.17, 15) is 4.79 Å². The highest BCUT2D eigenvalue weighted by Gasteiger charge is 2.29. The second-order valence-corrected chi connectivity index (χ2v) is 4.98. The van der Waals surface area contributed by atoms with Crippen LogP contribution in [0.25, 0.3) is 0 Å². The number of amides is 1.